The van der Waals surface area contributed by atoms with Crippen molar-refractivity contribution in [3.8, 4) is 0 Å². The van der Waals surface area contributed by atoms with E-state index in [-0.39, 0.29) is 24.4 Å². The number of fused-ring (bicyclic) bond motifs is 1. The molecule has 0 aromatic carbocycles. The van der Waals surface area contributed by atoms with Gasteiger partial charge < -0.3 is 15.1 Å². The van der Waals surface area contributed by atoms with E-state index in [1.165, 1.54) is 0 Å². The lowest BCUT2D eigenvalue weighted by Gasteiger charge is -2.21. The van der Waals surface area contributed by atoms with Crippen molar-refractivity contribution in [1.29, 1.82) is 0 Å². The van der Waals surface area contributed by atoms with Crippen molar-refractivity contribution in [3.63, 3.8) is 0 Å². The van der Waals surface area contributed by atoms with Crippen LogP contribution in [0, 0.1) is 5.92 Å². The largest absolute Gasteiger partial charge is 0.360 e. The lowest BCUT2D eigenvalue weighted by molar-refractivity contribution is -0.120. The van der Waals surface area contributed by atoms with E-state index < -0.39 is 5.92 Å². The van der Waals surface area contributed by atoms with Gasteiger partial charge in [0.2, 0.25) is 0 Å². The number of rotatable bonds is 9. The van der Waals surface area contributed by atoms with Gasteiger partial charge in [-0.1, -0.05) is 5.57 Å². The molecule has 0 saturated heterocycles. The topological polar surface area (TPSA) is 95.7 Å². The van der Waals surface area contributed by atoms with Crippen LogP contribution in [0.2, 0.25) is 0 Å². The first-order chi connectivity index (χ1) is 15.6. The molecule has 0 fully saturated rings. The van der Waals surface area contributed by atoms with E-state index in [0.717, 1.165) is 30.9 Å². The molecule has 1 N–H and O–H groups in total. The number of nitrogens with zero attached hydrogens (tertiary/aromatic N) is 6. The summed E-state index contributed by atoms with van der Waals surface area (Å²) < 4.78 is 1.83. The van der Waals surface area contributed by atoms with Gasteiger partial charge in [0, 0.05) is 31.9 Å². The van der Waals surface area contributed by atoms with Gasteiger partial charge in [-0.05, 0) is 66.9 Å². The molecule has 3 heterocycles. The molecule has 0 spiro atoms. The number of carbonyl (C=O) groups excluding carboxylic acids is 2. The molecule has 33 heavy (non-hydrogen) atoms. The van der Waals surface area contributed by atoms with Crippen LogP contribution in [-0.2, 0) is 4.79 Å². The van der Waals surface area contributed by atoms with Gasteiger partial charge in [-0.15, -0.1) is 0 Å². The summed E-state index contributed by atoms with van der Waals surface area (Å²) in [5.74, 6) is -0.192. The van der Waals surface area contributed by atoms with Gasteiger partial charge in [0.25, 0.3) is 11.8 Å². The Morgan fingerprint density at radius 3 is 2.58 bits per heavy atom. The number of amides is 2. The molecule has 9 nitrogen and oxygen atoms in total. The van der Waals surface area contributed by atoms with Gasteiger partial charge in [0.1, 0.15) is 5.82 Å². The molecular formula is C24H35N7O2. The summed E-state index contributed by atoms with van der Waals surface area (Å²) in [6, 6.07) is 1.92. The SMILES string of the molecule is CC1=CC(C)=NC(=O)C1CNC(=O)c1cc(N(C)CCCN(C)C)nc2c1cnn2C(C)C. The van der Waals surface area contributed by atoms with E-state index in [4.69, 9.17) is 4.98 Å². The van der Waals surface area contributed by atoms with Crippen molar-refractivity contribution in [2.24, 2.45) is 10.9 Å². The number of aliphatic imine (C=N–C) groups is 1. The highest BCUT2D eigenvalue weighted by molar-refractivity contribution is 6.07. The van der Waals surface area contributed by atoms with Crippen LogP contribution in [0.1, 0.15) is 50.5 Å². The highest BCUT2D eigenvalue weighted by atomic mass is 16.2. The second-order valence-corrected chi connectivity index (χ2v) is 9.27. The second kappa shape index (κ2) is 10.2. The molecule has 1 unspecified atom stereocenters. The molecule has 2 amide bonds. The minimum atomic E-state index is -0.443. The number of anilines is 1. The quantitative estimate of drug-likeness (QED) is 0.627. The zero-order valence-electron chi connectivity index (χ0n) is 20.7. The lowest BCUT2D eigenvalue weighted by atomic mass is 9.95. The average molecular weight is 454 g/mol. The Kier molecular flexibility index (Phi) is 7.63. The van der Waals surface area contributed by atoms with E-state index in [1.54, 1.807) is 13.1 Å². The summed E-state index contributed by atoms with van der Waals surface area (Å²) >= 11 is 0. The number of allylic oxidation sites excluding steroid dienone is 1. The van der Waals surface area contributed by atoms with Crippen molar-refractivity contribution in [1.82, 2.24) is 25.0 Å². The van der Waals surface area contributed by atoms with E-state index in [1.807, 2.05) is 44.6 Å². The van der Waals surface area contributed by atoms with E-state index in [2.05, 4.69) is 39.3 Å². The Bertz CT molecular complexity index is 1100. The van der Waals surface area contributed by atoms with E-state index in [9.17, 15) is 9.59 Å². The number of carbonyl (C=O) groups is 2. The molecule has 2 aromatic rings. The van der Waals surface area contributed by atoms with E-state index in [0.29, 0.717) is 22.3 Å². The Morgan fingerprint density at radius 1 is 1.21 bits per heavy atom. The molecule has 0 bridgehead atoms. The molecular weight excluding hydrogens is 418 g/mol. The molecule has 3 rings (SSSR count). The molecule has 0 aliphatic carbocycles. The number of aromatic nitrogens is 3. The normalized spacial score (nSPS) is 16.4. The van der Waals surface area contributed by atoms with Crippen molar-refractivity contribution in [2.45, 2.75) is 40.2 Å². The van der Waals surface area contributed by atoms with Crippen LogP contribution in [0.5, 0.6) is 0 Å². The molecule has 1 aliphatic rings. The number of pyridine rings is 1. The zero-order chi connectivity index (χ0) is 24.3. The van der Waals surface area contributed by atoms with Crippen LogP contribution >= 0.6 is 0 Å². The fraction of sp³-hybridized carbons (Fsp3) is 0.542. The van der Waals surface area contributed by atoms with E-state index >= 15 is 0 Å². The second-order valence-electron chi connectivity index (χ2n) is 9.27. The Morgan fingerprint density at radius 2 is 1.94 bits per heavy atom. The van der Waals surface area contributed by atoms with Gasteiger partial charge in [0.05, 0.1) is 23.1 Å². The third-order valence-electron chi connectivity index (χ3n) is 5.81. The smallest absolute Gasteiger partial charge is 0.254 e. The van der Waals surface area contributed by atoms with Crippen molar-refractivity contribution in [2.75, 3.05) is 45.7 Å². The maximum Gasteiger partial charge on any atom is 0.254 e. The molecule has 178 valence electrons. The molecule has 0 saturated carbocycles. The van der Waals surface area contributed by atoms with Gasteiger partial charge in [-0.3, -0.25) is 9.59 Å². The summed E-state index contributed by atoms with van der Waals surface area (Å²) in [4.78, 5) is 38.7. The Labute approximate surface area is 195 Å². The third-order valence-corrected chi connectivity index (χ3v) is 5.81. The first-order valence-electron chi connectivity index (χ1n) is 11.4. The molecule has 2 aromatic heterocycles. The van der Waals surface area contributed by atoms with Gasteiger partial charge in [-0.25, -0.2) is 14.7 Å². The highest BCUT2D eigenvalue weighted by Gasteiger charge is 2.25. The third kappa shape index (κ3) is 5.65. The average Bonchev–Trinajstić information content (AvgIpc) is 3.16. The van der Waals surface area contributed by atoms with Crippen molar-refractivity contribution >= 4 is 34.4 Å². The molecule has 0 radical (unpaired) electrons. The van der Waals surface area contributed by atoms with Gasteiger partial charge in [0.15, 0.2) is 5.65 Å². The number of nitrogens with one attached hydrogen (secondary N) is 1. The summed E-state index contributed by atoms with van der Waals surface area (Å²) in [5, 5.41) is 8.11. The molecule has 1 aliphatic heterocycles. The molecule has 9 heteroatoms. The minimum Gasteiger partial charge on any atom is -0.360 e. The minimum absolute atomic E-state index is 0.106. The number of hydrogen-bond acceptors (Lipinski definition) is 6. The predicted octanol–water partition coefficient (Wildman–Crippen LogP) is 2.69. The Hall–Kier alpha value is -3.07. The van der Waals surface area contributed by atoms with Crippen molar-refractivity contribution < 1.29 is 9.59 Å². The van der Waals surface area contributed by atoms with Crippen LogP contribution in [-0.4, -0.2) is 78.0 Å². The number of hydrogen-bond donors (Lipinski definition) is 1. The van der Waals surface area contributed by atoms with Crippen LogP contribution < -0.4 is 10.2 Å². The van der Waals surface area contributed by atoms with Crippen LogP contribution in [0.4, 0.5) is 5.82 Å². The lowest BCUT2D eigenvalue weighted by Crippen LogP contribution is -2.35. The summed E-state index contributed by atoms with van der Waals surface area (Å²) in [7, 11) is 6.08. The number of dihydropyridines is 1. The maximum absolute atomic E-state index is 13.3. The Balaban J connectivity index is 1.88. The highest BCUT2D eigenvalue weighted by Crippen LogP contribution is 2.25. The van der Waals surface area contributed by atoms with Crippen LogP contribution in [0.3, 0.4) is 0 Å². The van der Waals surface area contributed by atoms with Gasteiger partial charge in [-0.2, -0.15) is 5.10 Å². The van der Waals surface area contributed by atoms with Crippen LogP contribution in [0.25, 0.3) is 11.0 Å². The standard InChI is InChI=1S/C24H35N7O2/c1-15(2)31-22-20(14-26-31)18(12-21(28-22)30(7)10-8-9-29(5)6)23(32)25-13-19-16(3)11-17(4)27-24(19)33/h11-12,14-15,19H,8-10,13H2,1-7H3,(H,25,32). The fourth-order valence-corrected chi connectivity index (χ4v) is 3.95. The first kappa shape index (κ1) is 24.6. The van der Waals surface area contributed by atoms with Crippen molar-refractivity contribution in [3.05, 3.63) is 29.5 Å². The summed E-state index contributed by atoms with van der Waals surface area (Å²) in [5.41, 5.74) is 2.78. The maximum atomic E-state index is 13.3. The summed E-state index contributed by atoms with van der Waals surface area (Å²) in [6.07, 6.45) is 4.55. The van der Waals surface area contributed by atoms with Gasteiger partial charge >= 0.3 is 0 Å². The zero-order valence-corrected chi connectivity index (χ0v) is 20.7. The predicted molar refractivity (Wildman–Crippen MR) is 132 cm³/mol. The summed E-state index contributed by atoms with van der Waals surface area (Å²) in [6.45, 7) is 9.74. The first-order valence-corrected chi connectivity index (χ1v) is 11.4. The molecule has 1 atom stereocenters. The fourth-order valence-electron chi connectivity index (χ4n) is 3.95. The van der Waals surface area contributed by atoms with Crippen LogP contribution in [0.15, 0.2) is 28.9 Å². The monoisotopic (exact) mass is 453 g/mol.